The topological polar surface area (TPSA) is 38.0 Å². The second kappa shape index (κ2) is 7.24. The van der Waals surface area contributed by atoms with Gasteiger partial charge in [0.25, 0.3) is 0 Å². The van der Waals surface area contributed by atoms with E-state index in [1.165, 1.54) is 19.3 Å². The molecule has 2 heteroatoms. The Labute approximate surface area is 96.0 Å². The van der Waals surface area contributed by atoms with Crippen LogP contribution in [0.25, 0.3) is 0 Å². The van der Waals surface area contributed by atoms with Crippen LogP contribution in [0, 0.1) is 5.41 Å². The van der Waals surface area contributed by atoms with Crippen LogP contribution in [0.2, 0.25) is 0 Å². The highest BCUT2D eigenvalue weighted by atomic mass is 14.9. The van der Waals surface area contributed by atoms with Crippen molar-refractivity contribution in [1.29, 1.82) is 0 Å². The summed E-state index contributed by atoms with van der Waals surface area (Å²) in [6.07, 6.45) is 4.95. The molecule has 2 unspecified atom stereocenters. The summed E-state index contributed by atoms with van der Waals surface area (Å²) in [5.41, 5.74) is 6.33. The van der Waals surface area contributed by atoms with Crippen LogP contribution >= 0.6 is 0 Å². The molecular weight excluding hydrogens is 184 g/mol. The largest absolute Gasteiger partial charge is 0.327 e. The van der Waals surface area contributed by atoms with Crippen molar-refractivity contribution in [2.24, 2.45) is 11.1 Å². The van der Waals surface area contributed by atoms with E-state index in [1.807, 2.05) is 0 Å². The summed E-state index contributed by atoms with van der Waals surface area (Å²) in [7, 11) is 0. The molecule has 0 amide bonds. The molecule has 0 aliphatic rings. The van der Waals surface area contributed by atoms with E-state index in [9.17, 15) is 0 Å². The van der Waals surface area contributed by atoms with E-state index < -0.39 is 0 Å². The second-order valence-electron chi connectivity index (χ2n) is 5.76. The summed E-state index contributed by atoms with van der Waals surface area (Å²) in [5, 5.41) is 3.54. The van der Waals surface area contributed by atoms with Crippen LogP contribution in [-0.2, 0) is 0 Å². The molecule has 0 radical (unpaired) electrons. The highest BCUT2D eigenvalue weighted by molar-refractivity contribution is 4.77. The fraction of sp³-hybridized carbons (Fsp3) is 1.00. The Morgan fingerprint density at radius 1 is 1.20 bits per heavy atom. The number of nitrogens with two attached hydrogens (primary N) is 1. The van der Waals surface area contributed by atoms with Crippen molar-refractivity contribution in [2.45, 2.75) is 72.4 Å². The minimum absolute atomic E-state index is 0.230. The maximum atomic E-state index is 6.10. The van der Waals surface area contributed by atoms with Gasteiger partial charge >= 0.3 is 0 Å². The Hall–Kier alpha value is -0.0800. The van der Waals surface area contributed by atoms with Gasteiger partial charge in [0, 0.05) is 12.1 Å². The fourth-order valence-corrected chi connectivity index (χ4v) is 1.53. The quantitative estimate of drug-likeness (QED) is 0.684. The van der Waals surface area contributed by atoms with Crippen molar-refractivity contribution in [1.82, 2.24) is 5.32 Å². The molecule has 0 saturated heterocycles. The zero-order valence-corrected chi connectivity index (χ0v) is 11.3. The third kappa shape index (κ3) is 7.80. The molecule has 0 aliphatic carbocycles. The lowest BCUT2D eigenvalue weighted by Gasteiger charge is -2.27. The molecule has 0 aromatic carbocycles. The van der Waals surface area contributed by atoms with Crippen LogP contribution in [-0.4, -0.2) is 18.6 Å². The van der Waals surface area contributed by atoms with Crippen LogP contribution in [0.5, 0.6) is 0 Å². The smallest absolute Gasteiger partial charge is 0.00997 e. The highest BCUT2D eigenvalue weighted by Crippen LogP contribution is 2.19. The summed E-state index contributed by atoms with van der Waals surface area (Å²) >= 11 is 0. The Bertz CT molecular complexity index is 149. The number of hydrogen-bond acceptors (Lipinski definition) is 2. The molecule has 0 aromatic heterocycles. The molecule has 0 bridgehead atoms. The first-order valence-corrected chi connectivity index (χ1v) is 6.37. The Morgan fingerprint density at radius 2 is 1.80 bits per heavy atom. The molecular formula is C13H30N2. The van der Waals surface area contributed by atoms with Crippen LogP contribution in [0.15, 0.2) is 0 Å². The van der Waals surface area contributed by atoms with Gasteiger partial charge in [-0.05, 0) is 31.7 Å². The van der Waals surface area contributed by atoms with Gasteiger partial charge in [-0.15, -0.1) is 0 Å². The third-order valence-electron chi connectivity index (χ3n) is 3.05. The lowest BCUT2D eigenvalue weighted by atomic mass is 9.85. The molecule has 0 rings (SSSR count). The van der Waals surface area contributed by atoms with Crippen LogP contribution in [0.1, 0.15) is 60.3 Å². The number of unbranched alkanes of at least 4 members (excludes halogenated alkanes) is 1. The Morgan fingerprint density at radius 3 is 2.27 bits per heavy atom. The Balaban J connectivity index is 3.52. The van der Waals surface area contributed by atoms with Crippen molar-refractivity contribution in [3.63, 3.8) is 0 Å². The van der Waals surface area contributed by atoms with Gasteiger partial charge in [-0.25, -0.2) is 0 Å². The van der Waals surface area contributed by atoms with Crippen molar-refractivity contribution < 1.29 is 0 Å². The van der Waals surface area contributed by atoms with Gasteiger partial charge in [-0.2, -0.15) is 0 Å². The lowest BCUT2D eigenvalue weighted by Crippen LogP contribution is -2.39. The molecule has 0 fully saturated rings. The molecule has 0 spiro atoms. The van der Waals surface area contributed by atoms with Gasteiger partial charge in [-0.3, -0.25) is 0 Å². The summed E-state index contributed by atoms with van der Waals surface area (Å²) in [6, 6.07) is 0.931. The summed E-state index contributed by atoms with van der Waals surface area (Å²) in [6.45, 7) is 12.2. The average Bonchev–Trinajstić information content (AvgIpc) is 2.13. The molecule has 0 aromatic rings. The monoisotopic (exact) mass is 214 g/mol. The molecule has 2 nitrogen and oxygen atoms in total. The number of hydrogen-bond donors (Lipinski definition) is 2. The third-order valence-corrected chi connectivity index (χ3v) is 3.05. The summed E-state index contributed by atoms with van der Waals surface area (Å²) in [5.74, 6) is 0. The minimum Gasteiger partial charge on any atom is -0.327 e. The zero-order valence-electron chi connectivity index (χ0n) is 11.3. The average molecular weight is 214 g/mol. The van der Waals surface area contributed by atoms with E-state index in [0.717, 1.165) is 13.0 Å². The second-order valence-corrected chi connectivity index (χ2v) is 5.76. The van der Waals surface area contributed by atoms with Crippen LogP contribution in [0.3, 0.4) is 0 Å². The van der Waals surface area contributed by atoms with Gasteiger partial charge in [0.15, 0.2) is 0 Å². The van der Waals surface area contributed by atoms with Gasteiger partial charge < -0.3 is 11.1 Å². The predicted molar refractivity (Wildman–Crippen MR) is 69.0 cm³/mol. The van der Waals surface area contributed by atoms with E-state index in [2.05, 4.69) is 39.9 Å². The molecule has 0 saturated carbocycles. The maximum absolute atomic E-state index is 6.10. The van der Waals surface area contributed by atoms with Crippen molar-refractivity contribution in [2.75, 3.05) is 6.54 Å². The van der Waals surface area contributed by atoms with E-state index >= 15 is 0 Å². The first kappa shape index (κ1) is 14.9. The lowest BCUT2D eigenvalue weighted by molar-refractivity contribution is 0.298. The Kier molecular flexibility index (Phi) is 7.20. The van der Waals surface area contributed by atoms with Gasteiger partial charge in [0.1, 0.15) is 0 Å². The standard InChI is InChI=1S/C13H30N2/c1-6-7-8-11(2)15-10-9-12(14)13(3,4)5/h11-12,15H,6-10,14H2,1-5H3. The molecule has 92 valence electrons. The van der Waals surface area contributed by atoms with Crippen LogP contribution in [0.4, 0.5) is 0 Å². The molecule has 3 N–H and O–H groups in total. The molecule has 15 heavy (non-hydrogen) atoms. The normalized spacial score (nSPS) is 16.4. The first-order valence-electron chi connectivity index (χ1n) is 6.37. The molecule has 0 aliphatic heterocycles. The fourth-order valence-electron chi connectivity index (χ4n) is 1.53. The van der Waals surface area contributed by atoms with E-state index in [0.29, 0.717) is 12.1 Å². The van der Waals surface area contributed by atoms with Gasteiger partial charge in [0.05, 0.1) is 0 Å². The predicted octanol–water partition coefficient (Wildman–Crippen LogP) is 2.92. The summed E-state index contributed by atoms with van der Waals surface area (Å²) < 4.78 is 0. The van der Waals surface area contributed by atoms with Gasteiger partial charge in [-0.1, -0.05) is 40.5 Å². The number of rotatable bonds is 7. The SMILES string of the molecule is CCCCC(C)NCCC(N)C(C)(C)C. The summed E-state index contributed by atoms with van der Waals surface area (Å²) in [4.78, 5) is 0. The first-order chi connectivity index (χ1) is 6.88. The molecule has 0 heterocycles. The van der Waals surface area contributed by atoms with Crippen molar-refractivity contribution in [3.05, 3.63) is 0 Å². The van der Waals surface area contributed by atoms with Crippen molar-refractivity contribution >= 4 is 0 Å². The maximum Gasteiger partial charge on any atom is 0.00997 e. The van der Waals surface area contributed by atoms with Crippen molar-refractivity contribution in [3.8, 4) is 0 Å². The minimum atomic E-state index is 0.230. The molecule has 2 atom stereocenters. The number of nitrogens with one attached hydrogen (secondary N) is 1. The van der Waals surface area contributed by atoms with E-state index in [1.54, 1.807) is 0 Å². The highest BCUT2D eigenvalue weighted by Gasteiger charge is 2.19. The van der Waals surface area contributed by atoms with E-state index in [-0.39, 0.29) is 5.41 Å². The van der Waals surface area contributed by atoms with E-state index in [4.69, 9.17) is 5.73 Å². The van der Waals surface area contributed by atoms with Crippen LogP contribution < -0.4 is 11.1 Å². The van der Waals surface area contributed by atoms with Gasteiger partial charge in [0.2, 0.25) is 0 Å². The zero-order chi connectivity index (χ0) is 11.9.